The van der Waals surface area contributed by atoms with Crippen LogP contribution < -0.4 is 4.31 Å². The Bertz CT molecular complexity index is 1070. The van der Waals surface area contributed by atoms with Crippen molar-refractivity contribution in [2.24, 2.45) is 0 Å². The first-order valence-electron chi connectivity index (χ1n) is 9.82. The van der Waals surface area contributed by atoms with Crippen LogP contribution in [0.3, 0.4) is 0 Å². The highest BCUT2D eigenvalue weighted by Gasteiger charge is 2.36. The molecule has 0 amide bonds. The highest BCUT2D eigenvalue weighted by molar-refractivity contribution is 7.92. The van der Waals surface area contributed by atoms with Gasteiger partial charge >= 0.3 is 5.97 Å². The molecule has 0 spiro atoms. The first kappa shape index (κ1) is 22.1. The zero-order valence-electron chi connectivity index (χ0n) is 17.5. The molecule has 3 rings (SSSR count). The molecule has 1 heterocycles. The first-order chi connectivity index (χ1) is 14.0. The van der Waals surface area contributed by atoms with Crippen molar-refractivity contribution in [1.82, 2.24) is 0 Å². The number of aromatic hydroxyl groups is 1. The molecular formula is C22H27NO6S. The van der Waals surface area contributed by atoms with E-state index in [0.717, 1.165) is 18.7 Å². The molecule has 2 aromatic carbocycles. The number of phenolic OH excluding ortho intramolecular Hbond substituents is 1. The minimum atomic E-state index is -4.01. The monoisotopic (exact) mass is 433 g/mol. The van der Waals surface area contributed by atoms with Crippen molar-refractivity contribution < 1.29 is 28.2 Å². The molecule has 0 aliphatic carbocycles. The second-order valence-electron chi connectivity index (χ2n) is 7.97. The first-order valence-corrected chi connectivity index (χ1v) is 11.3. The largest absolute Gasteiger partial charge is 0.507 e. The molecule has 0 aromatic heterocycles. The van der Waals surface area contributed by atoms with E-state index in [4.69, 9.17) is 0 Å². The number of nitrogens with zero attached hydrogens (tertiary/aromatic N) is 1. The summed E-state index contributed by atoms with van der Waals surface area (Å²) in [5.74, 6) is -1.16. The molecule has 7 nitrogen and oxygen atoms in total. The van der Waals surface area contributed by atoms with Crippen molar-refractivity contribution in [3.05, 3.63) is 53.1 Å². The Labute approximate surface area is 177 Å². The van der Waals surface area contributed by atoms with Gasteiger partial charge in [0, 0.05) is 6.04 Å². The summed E-state index contributed by atoms with van der Waals surface area (Å²) in [7, 11) is -2.85. The molecule has 0 bridgehead atoms. The van der Waals surface area contributed by atoms with Crippen LogP contribution in [0, 0.1) is 0 Å². The summed E-state index contributed by atoms with van der Waals surface area (Å²) in [6.45, 7) is 5.30. The summed E-state index contributed by atoms with van der Waals surface area (Å²) >= 11 is 0. The Morgan fingerprint density at radius 1 is 1.23 bits per heavy atom. The molecule has 0 radical (unpaired) electrons. The maximum Gasteiger partial charge on any atom is 0.341 e. The summed E-state index contributed by atoms with van der Waals surface area (Å²) in [4.78, 5) is 11.8. The molecule has 0 saturated carbocycles. The molecule has 1 atom stereocenters. The lowest BCUT2D eigenvalue weighted by atomic mass is 9.90. The molecule has 0 saturated heterocycles. The zero-order valence-corrected chi connectivity index (χ0v) is 18.4. The van der Waals surface area contributed by atoms with Gasteiger partial charge in [0.05, 0.1) is 23.3 Å². The number of sulfonamides is 1. The van der Waals surface area contributed by atoms with E-state index in [1.54, 1.807) is 26.0 Å². The predicted octanol–water partition coefficient (Wildman–Crippen LogP) is 3.33. The number of aliphatic hydroxyl groups is 1. The van der Waals surface area contributed by atoms with Crippen LogP contribution in [0.4, 0.5) is 5.69 Å². The fraction of sp³-hybridized carbons (Fsp3) is 0.409. The normalized spacial score (nSPS) is 16.8. The molecule has 8 heteroatoms. The lowest BCUT2D eigenvalue weighted by Gasteiger charge is -2.38. The summed E-state index contributed by atoms with van der Waals surface area (Å²) in [5.41, 5.74) is 0.878. The number of aryl methyl sites for hydroxylation is 1. The van der Waals surface area contributed by atoms with E-state index in [1.165, 1.54) is 16.4 Å². The molecular weight excluding hydrogens is 406 g/mol. The smallest absolute Gasteiger partial charge is 0.341 e. The third kappa shape index (κ3) is 3.89. The zero-order chi connectivity index (χ0) is 22.3. The van der Waals surface area contributed by atoms with Crippen LogP contribution in [0.15, 0.2) is 41.3 Å². The summed E-state index contributed by atoms with van der Waals surface area (Å²) in [5, 5.41) is 20.3. The summed E-state index contributed by atoms with van der Waals surface area (Å²) < 4.78 is 33.3. The lowest BCUT2D eigenvalue weighted by molar-refractivity contribution is 0.0597. The number of hydrogen-bond acceptors (Lipinski definition) is 6. The van der Waals surface area contributed by atoms with Gasteiger partial charge in [-0.05, 0) is 68.5 Å². The number of methoxy groups -OCH3 is 1. The lowest BCUT2D eigenvalue weighted by Crippen LogP contribution is -2.43. The number of anilines is 1. The number of hydrogen-bond donors (Lipinski definition) is 2. The number of fused-ring (bicyclic) bond motifs is 1. The number of rotatable bonds is 5. The SMILES string of the molecule is CCC1CCc2cc(C(C)(C)O)ccc2N1S(=O)(=O)c1ccc(O)c(C(=O)OC)c1. The number of benzene rings is 2. The Balaban J connectivity index is 2.15. The Morgan fingerprint density at radius 3 is 2.53 bits per heavy atom. The van der Waals surface area contributed by atoms with E-state index in [0.29, 0.717) is 30.5 Å². The second-order valence-corrected chi connectivity index (χ2v) is 9.79. The van der Waals surface area contributed by atoms with E-state index in [1.807, 2.05) is 13.0 Å². The van der Waals surface area contributed by atoms with Gasteiger partial charge in [0.15, 0.2) is 0 Å². The van der Waals surface area contributed by atoms with Crippen molar-refractivity contribution in [1.29, 1.82) is 0 Å². The van der Waals surface area contributed by atoms with Gasteiger partial charge in [0.2, 0.25) is 0 Å². The van der Waals surface area contributed by atoms with Crippen molar-refractivity contribution in [2.45, 2.75) is 56.6 Å². The third-order valence-electron chi connectivity index (χ3n) is 5.50. The summed E-state index contributed by atoms with van der Waals surface area (Å²) in [6, 6.07) is 8.67. The fourth-order valence-corrected chi connectivity index (χ4v) is 5.59. The molecule has 1 aliphatic heterocycles. The van der Waals surface area contributed by atoms with Crippen LogP contribution in [-0.4, -0.2) is 37.8 Å². The average Bonchev–Trinajstić information content (AvgIpc) is 2.71. The maximum atomic E-state index is 13.6. The highest BCUT2D eigenvalue weighted by Crippen LogP contribution is 2.39. The van der Waals surface area contributed by atoms with Crippen molar-refractivity contribution in [3.8, 4) is 5.75 Å². The molecule has 1 aliphatic rings. The van der Waals surface area contributed by atoms with E-state index in [2.05, 4.69) is 4.74 Å². The third-order valence-corrected chi connectivity index (χ3v) is 7.37. The van der Waals surface area contributed by atoms with Gasteiger partial charge in [-0.15, -0.1) is 0 Å². The average molecular weight is 434 g/mol. The van der Waals surface area contributed by atoms with E-state index >= 15 is 0 Å². The minimum Gasteiger partial charge on any atom is -0.507 e. The van der Waals surface area contributed by atoms with Crippen molar-refractivity contribution >= 4 is 21.7 Å². The van der Waals surface area contributed by atoms with Crippen LogP contribution in [0.5, 0.6) is 5.75 Å². The van der Waals surface area contributed by atoms with Gasteiger partial charge in [-0.2, -0.15) is 0 Å². The van der Waals surface area contributed by atoms with E-state index in [9.17, 15) is 23.4 Å². The summed E-state index contributed by atoms with van der Waals surface area (Å²) in [6.07, 6.45) is 1.96. The molecule has 2 aromatic rings. The topological polar surface area (TPSA) is 104 Å². The Hall–Kier alpha value is -2.58. The number of carbonyl (C=O) groups excluding carboxylic acids is 1. The van der Waals surface area contributed by atoms with Gasteiger partial charge in [0.25, 0.3) is 10.0 Å². The molecule has 30 heavy (non-hydrogen) atoms. The van der Waals surface area contributed by atoms with E-state index < -0.39 is 21.6 Å². The van der Waals surface area contributed by atoms with Crippen LogP contribution in [0.1, 0.15) is 55.1 Å². The van der Waals surface area contributed by atoms with Crippen molar-refractivity contribution in [3.63, 3.8) is 0 Å². The van der Waals surface area contributed by atoms with Gasteiger partial charge in [-0.3, -0.25) is 4.31 Å². The molecule has 0 fully saturated rings. The minimum absolute atomic E-state index is 0.0986. The Morgan fingerprint density at radius 2 is 1.93 bits per heavy atom. The quantitative estimate of drug-likeness (QED) is 0.701. The second kappa shape index (κ2) is 7.92. The predicted molar refractivity (Wildman–Crippen MR) is 113 cm³/mol. The van der Waals surface area contributed by atoms with Crippen LogP contribution in [0.2, 0.25) is 0 Å². The number of ether oxygens (including phenoxy) is 1. The Kier molecular flexibility index (Phi) is 5.84. The number of carbonyl (C=O) groups is 1. The molecule has 162 valence electrons. The van der Waals surface area contributed by atoms with Gasteiger partial charge in [-0.25, -0.2) is 13.2 Å². The van der Waals surface area contributed by atoms with Crippen LogP contribution in [-0.2, 0) is 26.8 Å². The van der Waals surface area contributed by atoms with Crippen LogP contribution >= 0.6 is 0 Å². The molecule has 2 N–H and O–H groups in total. The maximum absolute atomic E-state index is 13.6. The van der Waals surface area contributed by atoms with Gasteiger partial charge in [-0.1, -0.05) is 19.1 Å². The van der Waals surface area contributed by atoms with E-state index in [-0.39, 0.29) is 22.3 Å². The standard InChI is InChI=1S/C22H27NO6S/c1-5-16-8-6-14-12-15(22(2,3)26)7-10-19(14)23(16)30(27,28)17-9-11-20(24)18(13-17)21(25)29-4/h7,9-13,16,24,26H,5-6,8H2,1-4H3. The fourth-order valence-electron chi connectivity index (χ4n) is 3.78. The van der Waals surface area contributed by atoms with Gasteiger partial charge in [0.1, 0.15) is 11.3 Å². The van der Waals surface area contributed by atoms with Crippen molar-refractivity contribution in [2.75, 3.05) is 11.4 Å². The van der Waals surface area contributed by atoms with Gasteiger partial charge < -0.3 is 14.9 Å². The highest BCUT2D eigenvalue weighted by atomic mass is 32.2. The number of phenols is 1. The number of esters is 1. The molecule has 1 unspecified atom stereocenters. The van der Waals surface area contributed by atoms with Crippen LogP contribution in [0.25, 0.3) is 0 Å².